The number of hydrogen-bond donors (Lipinski definition) is 2. The Morgan fingerprint density at radius 2 is 2.00 bits per heavy atom. The summed E-state index contributed by atoms with van der Waals surface area (Å²) in [6.45, 7) is 7.06. The molecule has 4 N–H and O–H groups in total. The van der Waals surface area contributed by atoms with Gasteiger partial charge in [0.1, 0.15) is 10.8 Å². The molecule has 1 spiro atoms. The second-order valence-corrected chi connectivity index (χ2v) is 10.7. The Kier molecular flexibility index (Phi) is 5.11. The molecule has 1 aromatic heterocycles. The number of rotatable bonds is 3. The van der Waals surface area contributed by atoms with Crippen LogP contribution in [0.25, 0.3) is 0 Å². The maximum absolute atomic E-state index is 12.7. The van der Waals surface area contributed by atoms with Crippen molar-refractivity contribution in [3.63, 3.8) is 0 Å². The molecule has 3 aliphatic rings. The average molecular weight is 455 g/mol. The number of amides is 1. The SMILES string of the molecule is CN1C(=O)C(C)(C)c2c(Sc3ncc(N4CCC5(CC4)COC[C@H]5N)nc3N)cccc21. The minimum absolute atomic E-state index is 0.0882. The van der Waals surface area contributed by atoms with Gasteiger partial charge in [0.05, 0.1) is 24.8 Å². The number of nitrogen functional groups attached to an aromatic ring is 1. The molecule has 0 bridgehead atoms. The van der Waals surface area contributed by atoms with E-state index in [0.717, 1.165) is 54.5 Å². The number of carbonyl (C=O) groups excluding carboxylic acids is 1. The van der Waals surface area contributed by atoms with Gasteiger partial charge in [0.25, 0.3) is 0 Å². The number of aromatic nitrogens is 2. The first-order valence-corrected chi connectivity index (χ1v) is 11.8. The lowest BCUT2D eigenvalue weighted by Gasteiger charge is -2.41. The Bertz CT molecular complexity index is 1070. The zero-order chi connectivity index (χ0) is 22.7. The fourth-order valence-corrected chi connectivity index (χ4v) is 6.31. The zero-order valence-electron chi connectivity index (χ0n) is 18.8. The Balaban J connectivity index is 1.36. The molecule has 0 unspecified atom stereocenters. The summed E-state index contributed by atoms with van der Waals surface area (Å²) in [6.07, 6.45) is 3.77. The summed E-state index contributed by atoms with van der Waals surface area (Å²) in [5, 5.41) is 0.652. The first-order chi connectivity index (χ1) is 15.2. The predicted molar refractivity (Wildman–Crippen MR) is 126 cm³/mol. The number of hydrogen-bond acceptors (Lipinski definition) is 8. The minimum Gasteiger partial charge on any atom is -0.381 e. The number of ether oxygens (including phenoxy) is 1. The average Bonchev–Trinajstić information content (AvgIpc) is 3.21. The van der Waals surface area contributed by atoms with Crippen LogP contribution in [0.4, 0.5) is 17.3 Å². The van der Waals surface area contributed by atoms with Gasteiger partial charge in [0.2, 0.25) is 5.91 Å². The summed E-state index contributed by atoms with van der Waals surface area (Å²) < 4.78 is 5.62. The van der Waals surface area contributed by atoms with E-state index in [-0.39, 0.29) is 17.4 Å². The first kappa shape index (κ1) is 21.5. The monoisotopic (exact) mass is 454 g/mol. The van der Waals surface area contributed by atoms with Gasteiger partial charge in [-0.3, -0.25) is 4.79 Å². The highest BCUT2D eigenvalue weighted by Crippen LogP contribution is 2.47. The number of nitrogens with zero attached hydrogens (tertiary/aromatic N) is 4. The molecular formula is C23H30N6O2S. The lowest BCUT2D eigenvalue weighted by molar-refractivity contribution is -0.121. The Hall–Kier alpha value is -2.36. The lowest BCUT2D eigenvalue weighted by Crippen LogP contribution is -2.49. The van der Waals surface area contributed by atoms with Crippen LogP contribution >= 0.6 is 11.8 Å². The van der Waals surface area contributed by atoms with E-state index in [1.165, 1.54) is 11.8 Å². The molecule has 0 radical (unpaired) electrons. The van der Waals surface area contributed by atoms with E-state index in [0.29, 0.717) is 17.5 Å². The second-order valence-electron chi connectivity index (χ2n) is 9.63. The van der Waals surface area contributed by atoms with E-state index in [9.17, 15) is 4.79 Å². The fraction of sp³-hybridized carbons (Fsp3) is 0.522. The van der Waals surface area contributed by atoms with Crippen LogP contribution in [0, 0.1) is 5.41 Å². The van der Waals surface area contributed by atoms with Gasteiger partial charge in [0, 0.05) is 47.7 Å². The number of likely N-dealkylation sites (N-methyl/N-ethyl adjacent to an activating group) is 1. The van der Waals surface area contributed by atoms with E-state index in [4.69, 9.17) is 16.2 Å². The molecule has 0 saturated carbocycles. The molecule has 170 valence electrons. The molecule has 8 nitrogen and oxygen atoms in total. The molecule has 3 aliphatic heterocycles. The summed E-state index contributed by atoms with van der Waals surface area (Å²) in [5.74, 6) is 1.29. The molecule has 9 heteroatoms. The normalized spacial score (nSPS) is 23.8. The summed E-state index contributed by atoms with van der Waals surface area (Å²) in [4.78, 5) is 27.0. The van der Waals surface area contributed by atoms with Crippen LogP contribution in [0.1, 0.15) is 32.3 Å². The quantitative estimate of drug-likeness (QED) is 0.727. The minimum atomic E-state index is -0.593. The van der Waals surface area contributed by atoms with Crippen LogP contribution in [-0.4, -0.2) is 55.3 Å². The maximum Gasteiger partial charge on any atom is 0.236 e. The van der Waals surface area contributed by atoms with Gasteiger partial charge >= 0.3 is 0 Å². The molecule has 2 fully saturated rings. The number of fused-ring (bicyclic) bond motifs is 1. The topological polar surface area (TPSA) is 111 Å². The van der Waals surface area contributed by atoms with Gasteiger partial charge in [-0.05, 0) is 38.8 Å². The van der Waals surface area contributed by atoms with Crippen LogP contribution in [0.3, 0.4) is 0 Å². The van der Waals surface area contributed by atoms with Crippen molar-refractivity contribution in [2.45, 2.75) is 48.1 Å². The number of anilines is 3. The highest BCUT2D eigenvalue weighted by molar-refractivity contribution is 7.99. The third-order valence-electron chi connectivity index (χ3n) is 7.34. The number of carbonyl (C=O) groups is 1. The van der Waals surface area contributed by atoms with Crippen LogP contribution in [0.15, 0.2) is 34.3 Å². The molecule has 1 atom stereocenters. The highest BCUT2D eigenvalue weighted by atomic mass is 32.2. The third-order valence-corrected chi connectivity index (χ3v) is 8.41. The van der Waals surface area contributed by atoms with Gasteiger partial charge in [-0.15, -0.1) is 0 Å². The fourth-order valence-electron chi connectivity index (χ4n) is 5.23. The summed E-state index contributed by atoms with van der Waals surface area (Å²) in [5.41, 5.74) is 14.1. The molecular weight excluding hydrogens is 424 g/mol. The van der Waals surface area contributed by atoms with E-state index in [2.05, 4.69) is 14.9 Å². The molecule has 5 rings (SSSR count). The van der Waals surface area contributed by atoms with Crippen molar-refractivity contribution in [1.82, 2.24) is 9.97 Å². The van der Waals surface area contributed by atoms with Crippen molar-refractivity contribution in [3.8, 4) is 0 Å². The van der Waals surface area contributed by atoms with Crippen molar-refractivity contribution in [1.29, 1.82) is 0 Å². The number of nitrogens with two attached hydrogens (primary N) is 2. The third kappa shape index (κ3) is 3.25. The van der Waals surface area contributed by atoms with E-state index < -0.39 is 5.41 Å². The van der Waals surface area contributed by atoms with Crippen molar-refractivity contribution < 1.29 is 9.53 Å². The summed E-state index contributed by atoms with van der Waals surface area (Å²) >= 11 is 1.47. The lowest BCUT2D eigenvalue weighted by atomic mass is 9.75. The maximum atomic E-state index is 12.7. The summed E-state index contributed by atoms with van der Waals surface area (Å²) in [7, 11) is 1.82. The van der Waals surface area contributed by atoms with Crippen LogP contribution < -0.4 is 21.3 Å². The largest absolute Gasteiger partial charge is 0.381 e. The molecule has 32 heavy (non-hydrogen) atoms. The number of piperidine rings is 1. The molecule has 2 aromatic rings. The highest BCUT2D eigenvalue weighted by Gasteiger charge is 2.45. The molecule has 1 aromatic carbocycles. The van der Waals surface area contributed by atoms with E-state index >= 15 is 0 Å². The van der Waals surface area contributed by atoms with Crippen molar-refractivity contribution in [2.24, 2.45) is 11.1 Å². The number of benzene rings is 1. The Morgan fingerprint density at radius 3 is 2.66 bits per heavy atom. The molecule has 4 heterocycles. The Morgan fingerprint density at radius 1 is 1.25 bits per heavy atom. The van der Waals surface area contributed by atoms with Gasteiger partial charge < -0.3 is 26.0 Å². The van der Waals surface area contributed by atoms with Gasteiger partial charge in [0.15, 0.2) is 5.82 Å². The molecule has 2 saturated heterocycles. The van der Waals surface area contributed by atoms with Crippen LogP contribution in [0.2, 0.25) is 0 Å². The van der Waals surface area contributed by atoms with Crippen LogP contribution in [-0.2, 0) is 14.9 Å². The first-order valence-electron chi connectivity index (χ1n) is 11.0. The molecule has 1 amide bonds. The van der Waals surface area contributed by atoms with Gasteiger partial charge in [-0.25, -0.2) is 9.97 Å². The van der Waals surface area contributed by atoms with Crippen molar-refractivity contribution in [3.05, 3.63) is 30.0 Å². The van der Waals surface area contributed by atoms with Crippen molar-refractivity contribution in [2.75, 3.05) is 48.9 Å². The molecule has 0 aliphatic carbocycles. The summed E-state index contributed by atoms with van der Waals surface area (Å²) in [6, 6.07) is 6.08. The van der Waals surface area contributed by atoms with Crippen molar-refractivity contribution >= 4 is 35.0 Å². The smallest absolute Gasteiger partial charge is 0.236 e. The van der Waals surface area contributed by atoms with E-state index in [1.807, 2.05) is 39.1 Å². The second kappa shape index (κ2) is 7.60. The Labute approximate surface area is 192 Å². The predicted octanol–water partition coefficient (Wildman–Crippen LogP) is 2.41. The standard InChI is InChI=1S/C23H30N6O2S/c1-22(2)18-14(28(3)21(22)30)5-4-6-15(18)32-20-19(25)27-17(11-26-20)29-9-7-23(8-10-29)13-31-12-16(23)24/h4-6,11,16H,7-10,12-13,24H2,1-3H3,(H2,25,27)/t16-/m1/s1. The van der Waals surface area contributed by atoms with Gasteiger partial charge in [-0.2, -0.15) is 0 Å². The van der Waals surface area contributed by atoms with E-state index in [1.54, 1.807) is 11.1 Å². The van der Waals surface area contributed by atoms with Crippen LogP contribution in [0.5, 0.6) is 0 Å². The van der Waals surface area contributed by atoms with Gasteiger partial charge in [-0.1, -0.05) is 17.8 Å². The zero-order valence-corrected chi connectivity index (χ0v) is 19.6.